The molecule has 1 aromatic rings. The summed E-state index contributed by atoms with van der Waals surface area (Å²) in [4.78, 5) is 15.9. The van der Waals surface area contributed by atoms with Gasteiger partial charge in [-0.15, -0.1) is 0 Å². The van der Waals surface area contributed by atoms with Crippen LogP contribution in [0.3, 0.4) is 0 Å². The monoisotopic (exact) mass is 425 g/mol. The van der Waals surface area contributed by atoms with Gasteiger partial charge in [0.05, 0.1) is 0 Å². The van der Waals surface area contributed by atoms with Gasteiger partial charge in [-0.2, -0.15) is 0 Å². The number of unbranched alkanes of at least 4 members (excludes halogenated alkanes) is 1. The largest absolute Gasteiger partial charge is 0.328 e. The number of piperidine rings is 1. The zero-order valence-corrected chi connectivity index (χ0v) is 19.9. The summed E-state index contributed by atoms with van der Waals surface area (Å²) < 4.78 is 0. The van der Waals surface area contributed by atoms with Gasteiger partial charge in [-0.3, -0.25) is 9.69 Å². The molecule has 0 bridgehead atoms. The van der Waals surface area contributed by atoms with E-state index in [1.807, 2.05) is 0 Å². The molecular formula is C27H43N3O. The fraction of sp³-hybridized carbons (Fsp3) is 0.741. The number of nitrogens with two attached hydrogens (primary N) is 1. The van der Waals surface area contributed by atoms with Crippen LogP contribution in [0.25, 0.3) is 0 Å². The second-order valence-electron chi connectivity index (χ2n) is 10.6. The zero-order valence-electron chi connectivity index (χ0n) is 19.9. The van der Waals surface area contributed by atoms with Crippen molar-refractivity contribution in [2.45, 2.75) is 116 Å². The lowest BCUT2D eigenvalue weighted by Gasteiger charge is -2.46. The summed E-state index contributed by atoms with van der Waals surface area (Å²) in [5.74, 6) is 0.712. The molecule has 3 N–H and O–H groups in total. The summed E-state index contributed by atoms with van der Waals surface area (Å²) in [6.45, 7) is 7.12. The van der Waals surface area contributed by atoms with Crippen molar-refractivity contribution in [3.05, 3.63) is 29.3 Å². The van der Waals surface area contributed by atoms with Gasteiger partial charge >= 0.3 is 0 Å². The van der Waals surface area contributed by atoms with Crippen LogP contribution in [0.4, 0.5) is 5.69 Å². The van der Waals surface area contributed by atoms with Crippen LogP contribution in [0.2, 0.25) is 0 Å². The standard InChI is InChI=1S/C27H43N3O/c1-4-5-15-26(30-18(2)9-6-10-19(30)3)22-13-8-14-25-24(22)17-23(27(31)29-25)20-11-7-12-21(28)16-20/h8,13-14,18-21,23,26H,4-7,9-12,15-17,28H2,1-3H3,(H,29,31). The molecule has 4 heteroatoms. The normalized spacial score (nSPS) is 32.9. The minimum atomic E-state index is 0.0722. The Labute approximate surface area is 189 Å². The van der Waals surface area contributed by atoms with Crippen LogP contribution >= 0.6 is 0 Å². The van der Waals surface area contributed by atoms with E-state index in [-0.39, 0.29) is 17.9 Å². The SMILES string of the molecule is CCCCC(c1cccc2c1CC(C1CCCC(N)C1)C(=O)N2)N1C(C)CCCC1C. The molecule has 2 heterocycles. The van der Waals surface area contributed by atoms with Crippen molar-refractivity contribution >= 4 is 11.6 Å². The number of nitrogens with zero attached hydrogens (tertiary/aromatic N) is 1. The topological polar surface area (TPSA) is 58.4 Å². The lowest BCUT2D eigenvalue weighted by Crippen LogP contribution is -2.46. The Morgan fingerprint density at radius 3 is 2.58 bits per heavy atom. The van der Waals surface area contributed by atoms with E-state index in [1.165, 1.54) is 49.7 Å². The smallest absolute Gasteiger partial charge is 0.228 e. The van der Waals surface area contributed by atoms with Crippen LogP contribution in [0.15, 0.2) is 18.2 Å². The van der Waals surface area contributed by atoms with E-state index in [2.05, 4.69) is 49.2 Å². The molecule has 172 valence electrons. The number of carbonyl (C=O) groups is 1. The highest BCUT2D eigenvalue weighted by atomic mass is 16.2. The molecule has 1 saturated carbocycles. The third-order valence-electron chi connectivity index (χ3n) is 8.37. The summed E-state index contributed by atoms with van der Waals surface area (Å²) in [7, 11) is 0. The Kier molecular flexibility index (Phi) is 7.38. The number of amides is 1. The molecule has 31 heavy (non-hydrogen) atoms. The van der Waals surface area contributed by atoms with E-state index < -0.39 is 0 Å². The Hall–Kier alpha value is -1.39. The first kappa shape index (κ1) is 22.8. The third-order valence-corrected chi connectivity index (χ3v) is 8.37. The maximum atomic E-state index is 13.1. The number of rotatable bonds is 6. The minimum absolute atomic E-state index is 0.0722. The highest BCUT2D eigenvalue weighted by Crippen LogP contribution is 2.43. The summed E-state index contributed by atoms with van der Waals surface area (Å²) in [5, 5.41) is 3.30. The number of benzene rings is 1. The molecule has 1 aromatic carbocycles. The first-order chi connectivity index (χ1) is 15.0. The summed E-state index contributed by atoms with van der Waals surface area (Å²) in [5.41, 5.74) is 10.2. The minimum Gasteiger partial charge on any atom is -0.328 e. The van der Waals surface area contributed by atoms with Gasteiger partial charge in [0.2, 0.25) is 5.91 Å². The molecule has 1 amide bonds. The number of carbonyl (C=O) groups excluding carboxylic acids is 1. The molecule has 1 aliphatic carbocycles. The van der Waals surface area contributed by atoms with E-state index in [0.29, 0.717) is 24.0 Å². The maximum absolute atomic E-state index is 13.1. The predicted octanol–water partition coefficient (Wildman–Crippen LogP) is 5.81. The Morgan fingerprint density at radius 1 is 1.13 bits per heavy atom. The average molecular weight is 426 g/mol. The Bertz CT molecular complexity index is 753. The molecule has 6 atom stereocenters. The van der Waals surface area contributed by atoms with Crippen molar-refractivity contribution in [1.82, 2.24) is 4.90 Å². The summed E-state index contributed by atoms with van der Waals surface area (Å²) in [6.07, 6.45) is 12.9. The van der Waals surface area contributed by atoms with Crippen LogP contribution in [0.5, 0.6) is 0 Å². The highest BCUT2D eigenvalue weighted by Gasteiger charge is 2.38. The molecule has 2 fully saturated rings. The third kappa shape index (κ3) is 4.85. The van der Waals surface area contributed by atoms with E-state index >= 15 is 0 Å². The van der Waals surface area contributed by atoms with Crippen LogP contribution in [0.1, 0.15) is 102 Å². The Balaban J connectivity index is 1.67. The van der Waals surface area contributed by atoms with Crippen molar-refractivity contribution in [1.29, 1.82) is 0 Å². The number of hydrogen-bond donors (Lipinski definition) is 2. The first-order valence-electron chi connectivity index (χ1n) is 12.9. The molecule has 1 saturated heterocycles. The van der Waals surface area contributed by atoms with Crippen LogP contribution in [-0.4, -0.2) is 28.9 Å². The molecule has 2 aliphatic heterocycles. The van der Waals surface area contributed by atoms with E-state index in [1.54, 1.807) is 0 Å². The number of anilines is 1. The van der Waals surface area contributed by atoms with Gasteiger partial charge in [0.25, 0.3) is 0 Å². The summed E-state index contributed by atoms with van der Waals surface area (Å²) in [6, 6.07) is 8.57. The van der Waals surface area contributed by atoms with Crippen molar-refractivity contribution in [2.75, 3.05) is 5.32 Å². The Morgan fingerprint density at radius 2 is 1.87 bits per heavy atom. The zero-order chi connectivity index (χ0) is 22.0. The number of fused-ring (bicyclic) bond motifs is 1. The quantitative estimate of drug-likeness (QED) is 0.605. The first-order valence-corrected chi connectivity index (χ1v) is 12.9. The fourth-order valence-corrected chi connectivity index (χ4v) is 6.73. The lowest BCUT2D eigenvalue weighted by molar-refractivity contribution is -0.122. The predicted molar refractivity (Wildman–Crippen MR) is 129 cm³/mol. The van der Waals surface area contributed by atoms with Crippen molar-refractivity contribution < 1.29 is 4.79 Å². The van der Waals surface area contributed by atoms with Gasteiger partial charge in [0.1, 0.15) is 0 Å². The molecule has 4 rings (SSSR count). The van der Waals surface area contributed by atoms with Crippen LogP contribution in [0, 0.1) is 11.8 Å². The van der Waals surface area contributed by atoms with Gasteiger partial charge in [-0.25, -0.2) is 0 Å². The van der Waals surface area contributed by atoms with Crippen LogP contribution < -0.4 is 11.1 Å². The van der Waals surface area contributed by atoms with Crippen molar-refractivity contribution in [3.63, 3.8) is 0 Å². The molecular weight excluding hydrogens is 382 g/mol. The summed E-state index contributed by atoms with van der Waals surface area (Å²) >= 11 is 0. The van der Waals surface area contributed by atoms with Gasteiger partial charge in [0.15, 0.2) is 0 Å². The maximum Gasteiger partial charge on any atom is 0.228 e. The molecule has 0 radical (unpaired) electrons. The van der Waals surface area contributed by atoms with Crippen molar-refractivity contribution in [3.8, 4) is 0 Å². The average Bonchev–Trinajstić information content (AvgIpc) is 2.75. The lowest BCUT2D eigenvalue weighted by atomic mass is 9.73. The van der Waals surface area contributed by atoms with Gasteiger partial charge in [0, 0.05) is 35.8 Å². The van der Waals surface area contributed by atoms with Gasteiger partial charge < -0.3 is 11.1 Å². The van der Waals surface area contributed by atoms with E-state index in [0.717, 1.165) is 37.8 Å². The fourth-order valence-electron chi connectivity index (χ4n) is 6.73. The molecule has 3 aliphatic rings. The second kappa shape index (κ2) is 10.0. The second-order valence-corrected chi connectivity index (χ2v) is 10.6. The number of hydrogen-bond acceptors (Lipinski definition) is 3. The van der Waals surface area contributed by atoms with Crippen LogP contribution in [-0.2, 0) is 11.2 Å². The van der Waals surface area contributed by atoms with E-state index in [4.69, 9.17) is 5.73 Å². The highest BCUT2D eigenvalue weighted by molar-refractivity contribution is 5.96. The number of likely N-dealkylation sites (tertiary alicyclic amines) is 1. The molecule has 0 spiro atoms. The molecule has 0 aromatic heterocycles. The van der Waals surface area contributed by atoms with Gasteiger partial charge in [-0.1, -0.05) is 44.7 Å². The van der Waals surface area contributed by atoms with E-state index in [9.17, 15) is 4.79 Å². The molecule has 4 nitrogen and oxygen atoms in total. The van der Waals surface area contributed by atoms with Gasteiger partial charge in [-0.05, 0) is 81.9 Å². The number of nitrogens with one attached hydrogen (secondary N) is 1. The van der Waals surface area contributed by atoms with Crippen molar-refractivity contribution in [2.24, 2.45) is 17.6 Å². The molecule has 6 unspecified atom stereocenters.